The number of carbonyl (C=O) groups is 1. The van der Waals surface area contributed by atoms with Gasteiger partial charge in [-0.05, 0) is 74.2 Å². The molecule has 0 heterocycles. The van der Waals surface area contributed by atoms with Gasteiger partial charge in [-0.25, -0.2) is 4.79 Å². The van der Waals surface area contributed by atoms with Gasteiger partial charge in [0.15, 0.2) is 0 Å². The van der Waals surface area contributed by atoms with Crippen molar-refractivity contribution >= 4 is 5.97 Å². The van der Waals surface area contributed by atoms with E-state index in [2.05, 4.69) is 26.1 Å². The fraction of sp³-hybridized carbons (Fsp3) is 0.864. The highest BCUT2D eigenvalue weighted by Crippen LogP contribution is 2.64. The highest BCUT2D eigenvalue weighted by Gasteiger charge is 2.59. The zero-order valence-electron chi connectivity index (χ0n) is 17.3. The minimum Gasteiger partial charge on any atom is -0.461 e. The molecule has 0 aliphatic heterocycles. The number of likely N-dealkylation sites (N-methyl/N-ethyl adjacent to an activating group) is 1. The molecule has 27 heavy (non-hydrogen) atoms. The van der Waals surface area contributed by atoms with Crippen molar-refractivity contribution in [2.45, 2.75) is 71.5 Å². The van der Waals surface area contributed by atoms with Crippen LogP contribution in [0.25, 0.3) is 0 Å². The van der Waals surface area contributed by atoms with Crippen molar-refractivity contribution in [3.05, 3.63) is 11.6 Å². The molecule has 0 bridgehead atoms. The molecule has 5 nitrogen and oxygen atoms in total. The van der Waals surface area contributed by atoms with Crippen LogP contribution in [0.4, 0.5) is 0 Å². The molecule has 0 amide bonds. The molecule has 0 aromatic rings. The second-order valence-electron chi connectivity index (χ2n) is 9.82. The van der Waals surface area contributed by atoms with Crippen molar-refractivity contribution in [3.8, 4) is 0 Å². The lowest BCUT2D eigenvalue weighted by molar-refractivity contribution is -0.183. The summed E-state index contributed by atoms with van der Waals surface area (Å²) in [6.07, 6.45) is 6.34. The fourth-order valence-corrected chi connectivity index (χ4v) is 6.43. The summed E-state index contributed by atoms with van der Waals surface area (Å²) >= 11 is 0. The van der Waals surface area contributed by atoms with Crippen LogP contribution in [0.2, 0.25) is 0 Å². The van der Waals surface area contributed by atoms with Gasteiger partial charge in [0, 0.05) is 12.6 Å². The number of nitrogens with one attached hydrogen (secondary N) is 1. The molecule has 3 fully saturated rings. The maximum atomic E-state index is 12.0. The Hall–Kier alpha value is -0.910. The number of esters is 1. The predicted molar refractivity (Wildman–Crippen MR) is 105 cm³/mol. The Kier molecular flexibility index (Phi) is 6.05. The van der Waals surface area contributed by atoms with E-state index < -0.39 is 0 Å². The number of hydrogen-bond donors (Lipinski definition) is 3. The Morgan fingerprint density at radius 3 is 2.74 bits per heavy atom. The first kappa shape index (κ1) is 20.8. The number of carbonyl (C=O) groups excluding carboxylic acids is 1. The number of ether oxygens (including phenoxy) is 1. The first-order chi connectivity index (χ1) is 12.7. The van der Waals surface area contributed by atoms with E-state index in [1.807, 2.05) is 7.05 Å². The molecule has 0 aromatic heterocycles. The van der Waals surface area contributed by atoms with Crippen molar-refractivity contribution in [1.29, 1.82) is 0 Å². The van der Waals surface area contributed by atoms with Gasteiger partial charge in [0.2, 0.25) is 0 Å². The first-order valence-electron chi connectivity index (χ1n) is 10.6. The lowest BCUT2D eigenvalue weighted by Gasteiger charge is -2.63. The SMILES string of the molecule is CNCCOC(=O)/C=C1\CCC2[C@H](C1)C(O)CC1C(C)(C)C(O)CCC21C. The molecule has 5 unspecified atom stereocenters. The van der Waals surface area contributed by atoms with E-state index in [1.54, 1.807) is 6.08 Å². The van der Waals surface area contributed by atoms with Gasteiger partial charge in [-0.15, -0.1) is 0 Å². The summed E-state index contributed by atoms with van der Waals surface area (Å²) in [5.74, 6) is 0.731. The smallest absolute Gasteiger partial charge is 0.330 e. The predicted octanol–water partition coefficient (Wildman–Crippen LogP) is 2.66. The Bertz CT molecular complexity index is 587. The average Bonchev–Trinajstić information content (AvgIpc) is 2.62. The lowest BCUT2D eigenvalue weighted by atomic mass is 9.43. The van der Waals surface area contributed by atoms with Crippen molar-refractivity contribution in [1.82, 2.24) is 5.32 Å². The van der Waals surface area contributed by atoms with Gasteiger partial charge in [-0.3, -0.25) is 0 Å². The van der Waals surface area contributed by atoms with Crippen molar-refractivity contribution in [2.75, 3.05) is 20.2 Å². The minimum atomic E-state index is -0.360. The minimum absolute atomic E-state index is 0.158. The van der Waals surface area contributed by atoms with E-state index >= 15 is 0 Å². The number of aliphatic hydroxyl groups excluding tert-OH is 2. The van der Waals surface area contributed by atoms with Crippen LogP contribution in [0.5, 0.6) is 0 Å². The highest BCUT2D eigenvalue weighted by molar-refractivity contribution is 5.82. The van der Waals surface area contributed by atoms with Crippen LogP contribution in [-0.4, -0.2) is 48.6 Å². The van der Waals surface area contributed by atoms with Crippen LogP contribution in [-0.2, 0) is 9.53 Å². The molecule has 0 radical (unpaired) electrons. The summed E-state index contributed by atoms with van der Waals surface area (Å²) in [5, 5.41) is 24.5. The van der Waals surface area contributed by atoms with Crippen LogP contribution < -0.4 is 5.32 Å². The van der Waals surface area contributed by atoms with E-state index in [0.29, 0.717) is 25.0 Å². The summed E-state index contributed by atoms with van der Waals surface area (Å²) in [6, 6.07) is 0. The third-order valence-electron chi connectivity index (χ3n) is 8.04. The quantitative estimate of drug-likeness (QED) is 0.398. The van der Waals surface area contributed by atoms with Gasteiger partial charge in [-0.2, -0.15) is 0 Å². The highest BCUT2D eigenvalue weighted by atomic mass is 16.5. The standard InChI is InChI=1S/C22H37NO4/c1-21(2)18-13-17(24)15-11-14(12-20(26)27-10-9-23-4)5-6-16(15)22(18,3)8-7-19(21)25/h12,15-19,23-25H,5-11,13H2,1-4H3/b14-12+/t15-,16?,17?,18?,19?,22?/m0/s1. The van der Waals surface area contributed by atoms with Crippen molar-refractivity contribution < 1.29 is 19.7 Å². The van der Waals surface area contributed by atoms with Crippen LogP contribution >= 0.6 is 0 Å². The molecule has 3 saturated carbocycles. The molecule has 3 N–H and O–H groups in total. The Labute approximate surface area is 163 Å². The van der Waals surface area contributed by atoms with Gasteiger partial charge in [-0.1, -0.05) is 26.3 Å². The molecule has 0 aromatic carbocycles. The molecule has 3 rings (SSSR count). The van der Waals surface area contributed by atoms with E-state index in [4.69, 9.17) is 4.74 Å². The van der Waals surface area contributed by atoms with E-state index in [1.165, 1.54) is 0 Å². The first-order valence-corrected chi connectivity index (χ1v) is 10.6. The normalized spacial score (nSPS) is 42.3. The van der Waals surface area contributed by atoms with Gasteiger partial charge < -0.3 is 20.3 Å². The van der Waals surface area contributed by atoms with Crippen LogP contribution in [0.3, 0.4) is 0 Å². The third-order valence-corrected chi connectivity index (χ3v) is 8.04. The van der Waals surface area contributed by atoms with E-state index in [-0.39, 0.29) is 34.9 Å². The zero-order valence-corrected chi connectivity index (χ0v) is 17.3. The van der Waals surface area contributed by atoms with Gasteiger partial charge in [0.25, 0.3) is 0 Å². The number of allylic oxidation sites excluding steroid dienone is 1. The van der Waals surface area contributed by atoms with Crippen molar-refractivity contribution in [3.63, 3.8) is 0 Å². The molecular weight excluding hydrogens is 342 g/mol. The maximum Gasteiger partial charge on any atom is 0.330 e. The Morgan fingerprint density at radius 1 is 1.30 bits per heavy atom. The fourth-order valence-electron chi connectivity index (χ4n) is 6.43. The second kappa shape index (κ2) is 7.84. The summed E-state index contributed by atoms with van der Waals surface area (Å²) < 4.78 is 5.22. The maximum absolute atomic E-state index is 12.0. The zero-order chi connectivity index (χ0) is 19.8. The molecule has 0 spiro atoms. The van der Waals surface area contributed by atoms with E-state index in [9.17, 15) is 15.0 Å². The van der Waals surface area contributed by atoms with Crippen LogP contribution in [0, 0.1) is 28.6 Å². The van der Waals surface area contributed by atoms with Crippen molar-refractivity contribution in [2.24, 2.45) is 28.6 Å². The van der Waals surface area contributed by atoms with Crippen LogP contribution in [0.1, 0.15) is 59.3 Å². The monoisotopic (exact) mass is 379 g/mol. The van der Waals surface area contributed by atoms with E-state index in [0.717, 1.165) is 44.1 Å². The molecule has 3 aliphatic carbocycles. The summed E-state index contributed by atoms with van der Waals surface area (Å²) in [5.41, 5.74) is 1.11. The molecule has 6 atom stereocenters. The summed E-state index contributed by atoms with van der Waals surface area (Å²) in [4.78, 5) is 12.0. The van der Waals surface area contributed by atoms with Gasteiger partial charge in [0.05, 0.1) is 12.2 Å². The molecule has 3 aliphatic rings. The molecule has 0 saturated heterocycles. The largest absolute Gasteiger partial charge is 0.461 e. The van der Waals surface area contributed by atoms with Crippen LogP contribution in [0.15, 0.2) is 11.6 Å². The summed E-state index contributed by atoms with van der Waals surface area (Å²) in [6.45, 7) is 7.75. The third kappa shape index (κ3) is 3.83. The number of hydrogen-bond acceptors (Lipinski definition) is 5. The Morgan fingerprint density at radius 2 is 2.04 bits per heavy atom. The number of aliphatic hydroxyl groups is 2. The number of fused-ring (bicyclic) bond motifs is 3. The number of rotatable bonds is 4. The molecule has 154 valence electrons. The molecular formula is C22H37NO4. The summed E-state index contributed by atoms with van der Waals surface area (Å²) in [7, 11) is 1.83. The average molecular weight is 380 g/mol. The lowest BCUT2D eigenvalue weighted by Crippen LogP contribution is -2.60. The molecule has 5 heteroatoms. The topological polar surface area (TPSA) is 78.8 Å². The second-order valence-corrected chi connectivity index (χ2v) is 9.82. The Balaban J connectivity index is 1.73. The van der Waals surface area contributed by atoms with Gasteiger partial charge >= 0.3 is 5.97 Å². The van der Waals surface area contributed by atoms with Gasteiger partial charge in [0.1, 0.15) is 6.61 Å².